The first-order valence-corrected chi connectivity index (χ1v) is 6.87. The molecule has 0 fully saturated rings. The van der Waals surface area contributed by atoms with Crippen LogP contribution in [0.5, 0.6) is 0 Å². The van der Waals surface area contributed by atoms with Crippen molar-refractivity contribution in [3.05, 3.63) is 23.8 Å². The topological polar surface area (TPSA) is 67.6 Å². The van der Waals surface area contributed by atoms with Crippen LogP contribution in [0.3, 0.4) is 0 Å². The van der Waals surface area contributed by atoms with Gasteiger partial charge in [0.25, 0.3) is 0 Å². The van der Waals surface area contributed by atoms with Crippen molar-refractivity contribution in [1.29, 1.82) is 0 Å². The van der Waals surface area contributed by atoms with Gasteiger partial charge in [0.1, 0.15) is 0 Å². The van der Waals surface area contributed by atoms with E-state index in [-0.39, 0.29) is 5.97 Å². The van der Waals surface area contributed by atoms with Crippen LogP contribution in [0.1, 0.15) is 30.6 Å². The lowest BCUT2D eigenvalue weighted by Gasteiger charge is -2.21. The first kappa shape index (κ1) is 16.3. The number of anilines is 2. The zero-order valence-electron chi connectivity index (χ0n) is 12.8. The predicted molar refractivity (Wildman–Crippen MR) is 83.1 cm³/mol. The van der Waals surface area contributed by atoms with Crippen molar-refractivity contribution in [1.82, 2.24) is 4.90 Å². The van der Waals surface area contributed by atoms with E-state index in [1.54, 1.807) is 18.2 Å². The van der Waals surface area contributed by atoms with Crippen molar-refractivity contribution >= 4 is 17.3 Å². The molecule has 0 amide bonds. The van der Waals surface area contributed by atoms with E-state index in [4.69, 9.17) is 10.5 Å². The Morgan fingerprint density at radius 2 is 2.15 bits per heavy atom. The van der Waals surface area contributed by atoms with Gasteiger partial charge in [-0.25, -0.2) is 4.79 Å². The first-order valence-electron chi connectivity index (χ1n) is 6.87. The van der Waals surface area contributed by atoms with Gasteiger partial charge in [0, 0.05) is 12.6 Å². The molecule has 5 nitrogen and oxygen atoms in total. The molecule has 0 aliphatic carbocycles. The maximum absolute atomic E-state index is 11.5. The number of carbonyl (C=O) groups excluding carboxylic acids is 1. The summed E-state index contributed by atoms with van der Waals surface area (Å²) in [5, 5.41) is 3.27. The van der Waals surface area contributed by atoms with Gasteiger partial charge in [0.2, 0.25) is 0 Å². The van der Waals surface area contributed by atoms with E-state index in [0.717, 1.165) is 25.2 Å². The number of nitrogens with one attached hydrogen (secondary N) is 1. The lowest BCUT2D eigenvalue weighted by molar-refractivity contribution is 0.0601. The molecule has 5 heteroatoms. The number of hydrogen-bond acceptors (Lipinski definition) is 5. The molecule has 0 saturated carbocycles. The molecule has 0 saturated heterocycles. The van der Waals surface area contributed by atoms with Crippen LogP contribution < -0.4 is 11.1 Å². The van der Waals surface area contributed by atoms with Crippen molar-refractivity contribution in [2.75, 3.05) is 38.3 Å². The van der Waals surface area contributed by atoms with E-state index in [1.807, 2.05) is 0 Å². The molecule has 0 bridgehead atoms. The second-order valence-corrected chi connectivity index (χ2v) is 5.15. The van der Waals surface area contributed by atoms with E-state index in [0.29, 0.717) is 17.3 Å². The van der Waals surface area contributed by atoms with Crippen LogP contribution in [-0.4, -0.2) is 44.2 Å². The third-order valence-electron chi connectivity index (χ3n) is 3.36. The minimum absolute atomic E-state index is 0.354. The normalized spacial score (nSPS) is 10.9. The van der Waals surface area contributed by atoms with Gasteiger partial charge >= 0.3 is 5.97 Å². The van der Waals surface area contributed by atoms with Gasteiger partial charge in [-0.1, -0.05) is 0 Å². The molecule has 0 aliphatic heterocycles. The number of benzene rings is 1. The summed E-state index contributed by atoms with van der Waals surface area (Å²) in [5.74, 6) is -0.354. The summed E-state index contributed by atoms with van der Waals surface area (Å²) < 4.78 is 4.70. The van der Waals surface area contributed by atoms with Crippen LogP contribution in [0.25, 0.3) is 0 Å². The second-order valence-electron chi connectivity index (χ2n) is 5.15. The summed E-state index contributed by atoms with van der Waals surface area (Å²) >= 11 is 0. The number of ether oxygens (including phenoxy) is 1. The number of nitrogens with zero attached hydrogens (tertiary/aromatic N) is 1. The molecule has 0 radical (unpaired) electrons. The molecule has 20 heavy (non-hydrogen) atoms. The SMILES string of the molecule is COC(=O)c1ccc(N)c(NCCCN(C)C(C)C)c1. The summed E-state index contributed by atoms with van der Waals surface area (Å²) in [6.07, 6.45) is 1.01. The van der Waals surface area contributed by atoms with Gasteiger partial charge in [-0.05, 0) is 52.1 Å². The Morgan fingerprint density at radius 1 is 1.45 bits per heavy atom. The zero-order valence-corrected chi connectivity index (χ0v) is 12.8. The van der Waals surface area contributed by atoms with Crippen molar-refractivity contribution in [3.63, 3.8) is 0 Å². The highest BCUT2D eigenvalue weighted by atomic mass is 16.5. The number of rotatable bonds is 7. The number of nitrogen functional groups attached to an aromatic ring is 1. The molecular formula is C15H25N3O2. The molecular weight excluding hydrogens is 254 g/mol. The van der Waals surface area contributed by atoms with Crippen LogP contribution in [0.4, 0.5) is 11.4 Å². The van der Waals surface area contributed by atoms with Gasteiger partial charge in [-0.3, -0.25) is 0 Å². The smallest absolute Gasteiger partial charge is 0.337 e. The highest BCUT2D eigenvalue weighted by Crippen LogP contribution is 2.20. The van der Waals surface area contributed by atoms with Crippen LogP contribution in [0.15, 0.2) is 18.2 Å². The summed E-state index contributed by atoms with van der Waals surface area (Å²) in [4.78, 5) is 13.8. The van der Waals surface area contributed by atoms with Gasteiger partial charge in [0.05, 0.1) is 24.0 Å². The molecule has 1 aromatic rings. The van der Waals surface area contributed by atoms with Gasteiger partial charge in [-0.2, -0.15) is 0 Å². The maximum atomic E-state index is 11.5. The Hall–Kier alpha value is -1.75. The molecule has 3 N–H and O–H groups in total. The lowest BCUT2D eigenvalue weighted by atomic mass is 10.1. The Morgan fingerprint density at radius 3 is 2.75 bits per heavy atom. The van der Waals surface area contributed by atoms with Crippen molar-refractivity contribution < 1.29 is 9.53 Å². The quantitative estimate of drug-likeness (QED) is 0.455. The van der Waals surface area contributed by atoms with Crippen molar-refractivity contribution in [2.24, 2.45) is 0 Å². The van der Waals surface area contributed by atoms with Crippen LogP contribution >= 0.6 is 0 Å². The number of methoxy groups -OCH3 is 1. The third kappa shape index (κ3) is 4.74. The highest BCUT2D eigenvalue weighted by Gasteiger charge is 2.08. The molecule has 0 heterocycles. The van der Waals surface area contributed by atoms with Crippen molar-refractivity contribution in [3.8, 4) is 0 Å². The Bertz CT molecular complexity index is 447. The first-order chi connectivity index (χ1) is 9.45. The molecule has 0 spiro atoms. The number of nitrogens with two attached hydrogens (primary N) is 1. The highest BCUT2D eigenvalue weighted by molar-refractivity contribution is 5.91. The molecule has 0 aliphatic rings. The Balaban J connectivity index is 2.53. The van der Waals surface area contributed by atoms with Crippen LogP contribution in [0, 0.1) is 0 Å². The van der Waals surface area contributed by atoms with Gasteiger partial charge in [0.15, 0.2) is 0 Å². The molecule has 0 aromatic heterocycles. The second kappa shape index (κ2) is 7.75. The molecule has 0 atom stereocenters. The fraction of sp³-hybridized carbons (Fsp3) is 0.533. The van der Waals surface area contributed by atoms with E-state index in [9.17, 15) is 4.79 Å². The Labute approximate surface area is 121 Å². The minimum atomic E-state index is -0.354. The predicted octanol–water partition coefficient (Wildman–Crippen LogP) is 2.20. The molecule has 112 valence electrons. The van der Waals surface area contributed by atoms with Crippen molar-refractivity contribution in [2.45, 2.75) is 26.3 Å². The molecule has 1 aromatic carbocycles. The largest absolute Gasteiger partial charge is 0.465 e. The number of hydrogen-bond donors (Lipinski definition) is 2. The fourth-order valence-corrected chi connectivity index (χ4v) is 1.76. The fourth-order valence-electron chi connectivity index (χ4n) is 1.76. The summed E-state index contributed by atoms with van der Waals surface area (Å²) in [6.45, 7) is 6.17. The minimum Gasteiger partial charge on any atom is -0.465 e. The molecule has 1 rings (SSSR count). The van der Waals surface area contributed by atoms with Gasteiger partial charge in [-0.15, -0.1) is 0 Å². The average molecular weight is 279 g/mol. The number of carbonyl (C=O) groups is 1. The lowest BCUT2D eigenvalue weighted by Crippen LogP contribution is -2.28. The third-order valence-corrected chi connectivity index (χ3v) is 3.36. The monoisotopic (exact) mass is 279 g/mol. The zero-order chi connectivity index (χ0) is 15.1. The number of esters is 1. The van der Waals surface area contributed by atoms with E-state index >= 15 is 0 Å². The Kier molecular flexibility index (Phi) is 6.31. The van der Waals surface area contributed by atoms with E-state index in [1.165, 1.54) is 7.11 Å². The summed E-state index contributed by atoms with van der Waals surface area (Å²) in [6, 6.07) is 5.66. The molecule has 0 unspecified atom stereocenters. The summed E-state index contributed by atoms with van der Waals surface area (Å²) in [5.41, 5.74) is 7.81. The summed E-state index contributed by atoms with van der Waals surface area (Å²) in [7, 11) is 3.48. The average Bonchev–Trinajstić information content (AvgIpc) is 2.43. The van der Waals surface area contributed by atoms with Crippen LogP contribution in [-0.2, 0) is 4.74 Å². The van der Waals surface area contributed by atoms with Gasteiger partial charge < -0.3 is 20.7 Å². The standard InChI is InChI=1S/C15H25N3O2/c1-11(2)18(3)9-5-8-17-14-10-12(15(19)20-4)6-7-13(14)16/h6-7,10-11,17H,5,8-9,16H2,1-4H3. The van der Waals surface area contributed by atoms with E-state index in [2.05, 4.69) is 31.1 Å². The maximum Gasteiger partial charge on any atom is 0.337 e. The van der Waals surface area contributed by atoms with Crippen LogP contribution in [0.2, 0.25) is 0 Å². The van der Waals surface area contributed by atoms with E-state index < -0.39 is 0 Å².